The number of amides is 2. The molecule has 2 heterocycles. The third-order valence-electron chi connectivity index (χ3n) is 4.59. The number of nitrogens with one attached hydrogen (secondary N) is 1. The maximum atomic E-state index is 14.1. The Labute approximate surface area is 163 Å². The number of morpholine rings is 1. The van der Waals surface area contributed by atoms with E-state index < -0.39 is 40.8 Å². The van der Waals surface area contributed by atoms with Gasteiger partial charge < -0.3 is 26.2 Å². The molecule has 2 aromatic rings. The van der Waals surface area contributed by atoms with Crippen molar-refractivity contribution in [2.75, 3.05) is 18.1 Å². The van der Waals surface area contributed by atoms with Crippen molar-refractivity contribution < 1.29 is 28.2 Å². The fourth-order valence-corrected chi connectivity index (χ4v) is 3.05. The minimum Gasteiger partial charge on any atom is -0.384 e. The second-order valence-corrected chi connectivity index (χ2v) is 6.32. The standard InChI is InChI=1S/C18H17F2N5O4/c19-11-7-24-8-12(13(11)20)25-5-6-29-14(16(25)26)18(28,17(23)27)10-3-1-9(2-4-10)15(21)22/h1-4,7-8,14,28H,5-6H2,(H3,21,22)(H2,23,27)/t14-,18?/m0/s1. The number of carbonyl (C=O) groups is 2. The zero-order valence-electron chi connectivity index (χ0n) is 14.9. The fraction of sp³-hybridized carbons (Fsp3) is 0.222. The van der Waals surface area contributed by atoms with Crippen LogP contribution in [0.1, 0.15) is 11.1 Å². The molecule has 2 amide bonds. The van der Waals surface area contributed by atoms with Crippen molar-refractivity contribution >= 4 is 23.3 Å². The van der Waals surface area contributed by atoms with Gasteiger partial charge in [-0.3, -0.25) is 20.0 Å². The molecular weight excluding hydrogens is 388 g/mol. The molecule has 0 aliphatic carbocycles. The first-order chi connectivity index (χ1) is 13.7. The summed E-state index contributed by atoms with van der Waals surface area (Å²) in [6, 6.07) is 5.24. The molecule has 152 valence electrons. The molecule has 1 aliphatic rings. The second kappa shape index (κ2) is 7.53. The van der Waals surface area contributed by atoms with E-state index in [-0.39, 0.29) is 24.6 Å². The van der Waals surface area contributed by atoms with Gasteiger partial charge in [-0.2, -0.15) is 0 Å². The molecule has 2 atom stereocenters. The van der Waals surface area contributed by atoms with E-state index in [4.69, 9.17) is 21.6 Å². The average molecular weight is 405 g/mol. The average Bonchev–Trinajstić information content (AvgIpc) is 2.70. The predicted molar refractivity (Wildman–Crippen MR) is 96.8 cm³/mol. The van der Waals surface area contributed by atoms with Crippen LogP contribution in [0.3, 0.4) is 0 Å². The van der Waals surface area contributed by atoms with Crippen LogP contribution < -0.4 is 16.4 Å². The van der Waals surface area contributed by atoms with E-state index in [1.54, 1.807) is 0 Å². The number of nitrogens with two attached hydrogens (primary N) is 2. The molecule has 0 bridgehead atoms. The van der Waals surface area contributed by atoms with E-state index in [2.05, 4.69) is 4.98 Å². The van der Waals surface area contributed by atoms with E-state index >= 15 is 0 Å². The molecule has 0 saturated carbocycles. The molecular formula is C18H17F2N5O4. The highest BCUT2D eigenvalue weighted by Crippen LogP contribution is 2.33. The van der Waals surface area contributed by atoms with Crippen molar-refractivity contribution in [3.8, 4) is 0 Å². The molecule has 11 heteroatoms. The number of anilines is 1. The molecule has 0 radical (unpaired) electrons. The minimum atomic E-state index is -2.61. The number of pyridine rings is 1. The minimum absolute atomic E-state index is 0.0898. The van der Waals surface area contributed by atoms with Crippen molar-refractivity contribution in [1.29, 1.82) is 5.41 Å². The van der Waals surface area contributed by atoms with Crippen molar-refractivity contribution in [3.05, 3.63) is 59.4 Å². The summed E-state index contributed by atoms with van der Waals surface area (Å²) < 4.78 is 33.0. The number of aliphatic hydroxyl groups is 1. The first kappa shape index (κ1) is 20.3. The van der Waals surface area contributed by atoms with E-state index in [1.807, 2.05) is 0 Å². The number of amidine groups is 1. The lowest BCUT2D eigenvalue weighted by atomic mass is 9.85. The molecule has 1 unspecified atom stereocenters. The van der Waals surface area contributed by atoms with Gasteiger partial charge in [0.2, 0.25) is 5.60 Å². The van der Waals surface area contributed by atoms with Crippen molar-refractivity contribution in [1.82, 2.24) is 4.98 Å². The molecule has 3 rings (SSSR count). The number of halogens is 2. The highest BCUT2D eigenvalue weighted by molar-refractivity contribution is 6.03. The molecule has 29 heavy (non-hydrogen) atoms. The molecule has 0 spiro atoms. The summed E-state index contributed by atoms with van der Waals surface area (Å²) in [6.45, 7) is -0.344. The fourth-order valence-electron chi connectivity index (χ4n) is 3.05. The lowest BCUT2D eigenvalue weighted by Gasteiger charge is -2.39. The van der Waals surface area contributed by atoms with Crippen LogP contribution in [0.15, 0.2) is 36.7 Å². The lowest BCUT2D eigenvalue weighted by Crippen LogP contribution is -2.61. The highest BCUT2D eigenvalue weighted by Gasteiger charge is 2.52. The Bertz CT molecular complexity index is 985. The first-order valence-corrected chi connectivity index (χ1v) is 8.37. The number of nitrogen functional groups attached to an aromatic ring is 1. The Morgan fingerprint density at radius 1 is 1.28 bits per heavy atom. The van der Waals surface area contributed by atoms with Crippen molar-refractivity contribution in [2.45, 2.75) is 11.7 Å². The van der Waals surface area contributed by atoms with E-state index in [0.717, 1.165) is 11.1 Å². The van der Waals surface area contributed by atoms with Gasteiger partial charge in [0.05, 0.1) is 19.0 Å². The largest absolute Gasteiger partial charge is 0.384 e. The number of ether oxygens (including phenoxy) is 1. The van der Waals surface area contributed by atoms with Gasteiger partial charge in [0.25, 0.3) is 11.8 Å². The Kier molecular flexibility index (Phi) is 5.27. The van der Waals surface area contributed by atoms with Crippen LogP contribution in [0, 0.1) is 17.0 Å². The molecule has 1 fully saturated rings. The first-order valence-electron chi connectivity index (χ1n) is 8.37. The Morgan fingerprint density at radius 2 is 1.93 bits per heavy atom. The van der Waals surface area contributed by atoms with Gasteiger partial charge in [-0.05, 0) is 5.56 Å². The lowest BCUT2D eigenvalue weighted by molar-refractivity contribution is -0.171. The summed E-state index contributed by atoms with van der Waals surface area (Å²) in [6.07, 6.45) is -0.221. The zero-order chi connectivity index (χ0) is 21.3. The summed E-state index contributed by atoms with van der Waals surface area (Å²) in [4.78, 5) is 29.5. The van der Waals surface area contributed by atoms with E-state index in [0.29, 0.717) is 11.8 Å². The molecule has 1 aromatic carbocycles. The van der Waals surface area contributed by atoms with Gasteiger partial charge in [0.15, 0.2) is 17.7 Å². The second-order valence-electron chi connectivity index (χ2n) is 6.32. The van der Waals surface area contributed by atoms with Gasteiger partial charge in [0.1, 0.15) is 11.5 Å². The number of primary amides is 1. The van der Waals surface area contributed by atoms with Crippen LogP contribution in [0.25, 0.3) is 0 Å². The summed E-state index contributed by atoms with van der Waals surface area (Å²) in [7, 11) is 0. The molecule has 1 saturated heterocycles. The van der Waals surface area contributed by atoms with Crippen LogP contribution in [0.2, 0.25) is 0 Å². The number of hydrogen-bond donors (Lipinski definition) is 4. The topological polar surface area (TPSA) is 156 Å². The smallest absolute Gasteiger partial charge is 0.260 e. The normalized spacial score (nSPS) is 18.9. The van der Waals surface area contributed by atoms with Crippen LogP contribution in [-0.2, 0) is 19.9 Å². The van der Waals surface area contributed by atoms with Gasteiger partial charge in [-0.15, -0.1) is 0 Å². The van der Waals surface area contributed by atoms with Gasteiger partial charge in [-0.25, -0.2) is 8.78 Å². The van der Waals surface area contributed by atoms with Crippen molar-refractivity contribution in [3.63, 3.8) is 0 Å². The highest BCUT2D eigenvalue weighted by atomic mass is 19.2. The van der Waals surface area contributed by atoms with Crippen molar-refractivity contribution in [2.24, 2.45) is 11.5 Å². The number of aromatic nitrogens is 1. The number of carbonyl (C=O) groups excluding carboxylic acids is 2. The third kappa shape index (κ3) is 3.41. The maximum absolute atomic E-state index is 14.1. The summed E-state index contributed by atoms with van der Waals surface area (Å²) in [5, 5.41) is 18.5. The molecule has 6 N–H and O–H groups in total. The van der Waals surface area contributed by atoms with Gasteiger partial charge in [0, 0.05) is 12.1 Å². The van der Waals surface area contributed by atoms with Gasteiger partial charge in [-0.1, -0.05) is 24.3 Å². The van der Waals surface area contributed by atoms with Crippen LogP contribution >= 0.6 is 0 Å². The number of benzene rings is 1. The SMILES string of the molecule is N=C(N)c1ccc(C(O)(C(N)=O)[C@H]2OCCN(c3cncc(F)c3F)C2=O)cc1. The summed E-state index contributed by atoms with van der Waals surface area (Å²) in [5.74, 6) is -5.10. The number of nitrogens with zero attached hydrogens (tertiary/aromatic N) is 2. The van der Waals surface area contributed by atoms with Crippen LogP contribution in [0.5, 0.6) is 0 Å². The summed E-state index contributed by atoms with van der Waals surface area (Å²) >= 11 is 0. The summed E-state index contributed by atoms with van der Waals surface area (Å²) in [5.41, 5.74) is 7.91. The zero-order valence-corrected chi connectivity index (χ0v) is 14.9. The monoisotopic (exact) mass is 405 g/mol. The molecule has 9 nitrogen and oxygen atoms in total. The Morgan fingerprint density at radius 3 is 2.52 bits per heavy atom. The van der Waals surface area contributed by atoms with Crippen LogP contribution in [-0.4, -0.2) is 47.0 Å². The number of rotatable bonds is 5. The molecule has 1 aromatic heterocycles. The Hall–Kier alpha value is -3.44. The van der Waals surface area contributed by atoms with Gasteiger partial charge >= 0.3 is 0 Å². The van der Waals surface area contributed by atoms with E-state index in [1.165, 1.54) is 24.3 Å². The number of hydrogen-bond acceptors (Lipinski definition) is 6. The predicted octanol–water partition coefficient (Wildman–Crippen LogP) is -0.251. The Balaban J connectivity index is 2.03. The van der Waals surface area contributed by atoms with E-state index in [9.17, 15) is 23.5 Å². The molecule has 1 aliphatic heterocycles. The van der Waals surface area contributed by atoms with Crippen LogP contribution in [0.4, 0.5) is 14.5 Å². The third-order valence-corrected chi connectivity index (χ3v) is 4.59. The maximum Gasteiger partial charge on any atom is 0.260 e. The quantitative estimate of drug-likeness (QED) is 0.397.